The minimum Gasteiger partial charge on any atom is 1.00 e. The Morgan fingerprint density at radius 2 is 0.714 bits per heavy atom. The van der Waals surface area contributed by atoms with E-state index in [1.807, 2.05) is 0 Å². The molecular weight excluding hydrogens is 405 g/mol. The van der Waals surface area contributed by atoms with E-state index in [2.05, 4.69) is 0 Å². The summed E-state index contributed by atoms with van der Waals surface area (Å²) in [5, 5.41) is 0. The fourth-order valence-electron chi connectivity index (χ4n) is 0. The molecule has 0 aromatic heterocycles. The predicted molar refractivity (Wildman–Crippen MR) is 38.5 cm³/mol. The van der Waals surface area contributed by atoms with E-state index in [9.17, 15) is 0 Å². The molecule has 0 radical (unpaired) electrons. The summed E-state index contributed by atoms with van der Waals surface area (Å²) in [7, 11) is 30.3. The summed E-state index contributed by atoms with van der Waals surface area (Å²) >= 11 is 0. The van der Waals surface area contributed by atoms with Crippen molar-refractivity contribution in [3.8, 4) is 0 Å². The van der Waals surface area contributed by atoms with Gasteiger partial charge in [0.15, 0.2) is 0 Å². The van der Waals surface area contributed by atoms with Crippen LogP contribution >= 0.6 is 57.5 Å². The monoisotopic (exact) mass is 406 g/mol. The Balaban J connectivity index is -0.0000000600. The molecule has 0 atom stereocenters. The van der Waals surface area contributed by atoms with Crippen molar-refractivity contribution < 1.29 is 11.1 Å². The van der Waals surface area contributed by atoms with Crippen LogP contribution in [0.25, 0.3) is 0 Å². The van der Waals surface area contributed by atoms with Gasteiger partial charge in [0.05, 0.1) is 0 Å². The van der Waals surface area contributed by atoms with E-state index in [1.165, 1.54) is 0 Å². The summed E-state index contributed by atoms with van der Waals surface area (Å²) < 4.78 is 0. The molecule has 0 rings (SSSR count). The molecular formula is H3Cl6Ir+. The van der Waals surface area contributed by atoms with E-state index in [-0.39, 0.29) is 4.28 Å². The van der Waals surface area contributed by atoms with Gasteiger partial charge in [0.1, 0.15) is 0 Å². The van der Waals surface area contributed by atoms with Crippen LogP contribution < -0.4 is 0 Å². The molecule has 0 amide bonds. The summed E-state index contributed by atoms with van der Waals surface area (Å²) in [5.41, 5.74) is 0. The smallest absolute Gasteiger partial charge is 1.00 e. The van der Waals surface area contributed by atoms with Crippen LogP contribution in [0.2, 0.25) is 0 Å². The van der Waals surface area contributed by atoms with Crippen molar-refractivity contribution in [1.29, 1.82) is 0 Å². The Morgan fingerprint density at radius 3 is 0.714 bits per heavy atom. The van der Waals surface area contributed by atoms with E-state index in [0.717, 1.165) is 0 Å². The average Bonchev–Trinajstić information content (AvgIpc) is 0.592. The van der Waals surface area contributed by atoms with Gasteiger partial charge in [-0.1, -0.05) is 0 Å². The van der Waals surface area contributed by atoms with E-state index < -0.39 is 6.81 Å². The second kappa shape index (κ2) is 1.51. The van der Waals surface area contributed by atoms with Gasteiger partial charge in [-0.25, -0.2) is 0 Å². The molecule has 53 valence electrons. The maximum Gasteiger partial charge on any atom is 1.00 e. The van der Waals surface area contributed by atoms with Crippen LogP contribution in [-0.2, 0) is 6.81 Å². The number of hydrogen-bond acceptors (Lipinski definition) is 0. The third-order valence-corrected chi connectivity index (χ3v) is 0. The van der Waals surface area contributed by atoms with Gasteiger partial charge in [0, 0.05) is 0 Å². The number of hydrogen-bond donors (Lipinski definition) is 0. The molecule has 0 aliphatic heterocycles. The maximum atomic E-state index is 5.06. The summed E-state index contributed by atoms with van der Waals surface area (Å²) in [6.45, 7) is -5.33. The van der Waals surface area contributed by atoms with Gasteiger partial charge in [-0.2, -0.15) is 0 Å². The Kier molecular flexibility index (Phi) is 2.03. The predicted octanol–water partition coefficient (Wildman–Crippen LogP) is 4.47. The molecule has 0 aromatic rings. The van der Waals surface area contributed by atoms with Crippen molar-refractivity contribution in [3.63, 3.8) is 0 Å². The molecule has 0 spiro atoms. The normalized spacial score (nSPS) is 23.1. The zero-order valence-electron chi connectivity index (χ0n) is 5.60. The van der Waals surface area contributed by atoms with Crippen LogP contribution in [0, 0.1) is 0 Å². The molecule has 0 saturated carbocycles. The zero-order chi connectivity index (χ0) is 6.41. The molecule has 7 heteroatoms. The van der Waals surface area contributed by atoms with Gasteiger partial charge in [-0.15, -0.1) is 0 Å². The maximum absolute atomic E-state index is 5.33. The second-order valence-corrected chi connectivity index (χ2v) is 52.6. The SMILES string of the molecule is [Cl][Ir-2]([Cl])([Cl])([Cl])([Cl])[Cl].[H+].[H+].[H+]. The molecule has 0 N–H and O–H groups in total. The first-order valence-corrected chi connectivity index (χ1v) is 18.6. The van der Waals surface area contributed by atoms with Crippen LogP contribution in [0.4, 0.5) is 0 Å². The van der Waals surface area contributed by atoms with Gasteiger partial charge in [-0.05, 0) is 0 Å². The third kappa shape index (κ3) is 60.0. The Labute approximate surface area is 68.0 Å². The molecule has 0 nitrogen and oxygen atoms in total. The summed E-state index contributed by atoms with van der Waals surface area (Å²) in [4.78, 5) is 0. The molecule has 0 unspecified atom stereocenters. The molecule has 0 aliphatic carbocycles. The molecule has 0 aromatic carbocycles. The fraction of sp³-hybridized carbons (Fsp3) is 0. The number of rotatable bonds is 0. The van der Waals surface area contributed by atoms with Gasteiger partial charge in [-0.3, -0.25) is 0 Å². The first-order chi connectivity index (χ1) is 2.45. The molecule has 0 bridgehead atoms. The molecule has 0 heterocycles. The van der Waals surface area contributed by atoms with Crippen LogP contribution in [0.5, 0.6) is 0 Å². The average molecular weight is 408 g/mol. The molecule has 0 aliphatic rings. The van der Waals surface area contributed by atoms with Crippen LogP contribution in [0.15, 0.2) is 0 Å². The molecule has 7 heavy (non-hydrogen) atoms. The van der Waals surface area contributed by atoms with Gasteiger partial charge < -0.3 is 0 Å². The zero-order valence-corrected chi connectivity index (χ0v) is 9.53. The Hall–Kier alpha value is 2.39. The molecule has 0 fully saturated rings. The Morgan fingerprint density at radius 1 is 0.714 bits per heavy atom. The largest absolute Gasteiger partial charge is 1.00 e. The van der Waals surface area contributed by atoms with E-state index in [4.69, 9.17) is 57.5 Å². The van der Waals surface area contributed by atoms with Gasteiger partial charge in [0.2, 0.25) is 0 Å². The Bertz CT molecular complexity index is 71.6. The standard InChI is InChI=1S/6ClH.Ir/h6*1H;/q;;;;;;+4/p-3. The van der Waals surface area contributed by atoms with Crippen LogP contribution in [0.3, 0.4) is 0 Å². The third-order valence-electron chi connectivity index (χ3n) is 0. The van der Waals surface area contributed by atoms with Crippen molar-refractivity contribution in [2.24, 2.45) is 0 Å². The topological polar surface area (TPSA) is 0 Å². The van der Waals surface area contributed by atoms with Crippen molar-refractivity contribution in [3.05, 3.63) is 0 Å². The summed E-state index contributed by atoms with van der Waals surface area (Å²) in [5.74, 6) is 0. The van der Waals surface area contributed by atoms with Gasteiger partial charge >= 0.3 is 68.6 Å². The first kappa shape index (κ1) is 9.39. The van der Waals surface area contributed by atoms with Crippen molar-refractivity contribution >= 4 is 57.5 Å². The van der Waals surface area contributed by atoms with E-state index in [0.29, 0.717) is 0 Å². The van der Waals surface area contributed by atoms with Crippen molar-refractivity contribution in [2.75, 3.05) is 0 Å². The van der Waals surface area contributed by atoms with E-state index in [1.54, 1.807) is 0 Å². The van der Waals surface area contributed by atoms with Crippen molar-refractivity contribution in [1.82, 2.24) is 0 Å². The van der Waals surface area contributed by atoms with Crippen molar-refractivity contribution in [2.45, 2.75) is 0 Å². The quantitative estimate of drug-likeness (QED) is 0.555. The second-order valence-electron chi connectivity index (χ2n) is 0.714. The van der Waals surface area contributed by atoms with E-state index >= 15 is 0 Å². The first-order valence-electron chi connectivity index (χ1n) is 0.756. The van der Waals surface area contributed by atoms with Crippen LogP contribution in [-0.4, -0.2) is 0 Å². The summed E-state index contributed by atoms with van der Waals surface area (Å²) in [6, 6.07) is 0. The minimum absolute atomic E-state index is 0. The minimum atomic E-state index is -5.33. The number of halogens is 6. The summed E-state index contributed by atoms with van der Waals surface area (Å²) in [6.07, 6.45) is 0. The van der Waals surface area contributed by atoms with Gasteiger partial charge in [0.25, 0.3) is 0 Å². The molecule has 0 saturated heterocycles. The van der Waals surface area contributed by atoms with Crippen LogP contribution in [0.1, 0.15) is 4.28 Å². The fourth-order valence-corrected chi connectivity index (χ4v) is 0.